The van der Waals surface area contributed by atoms with Crippen molar-refractivity contribution in [3.05, 3.63) is 0 Å². The Balaban J connectivity index is 2.86. The van der Waals surface area contributed by atoms with Gasteiger partial charge in [0.25, 0.3) is 0 Å². The Hall–Kier alpha value is -0.780. The van der Waals surface area contributed by atoms with Gasteiger partial charge in [-0.2, -0.15) is 13.2 Å². The first kappa shape index (κ1) is 15.3. The molecule has 0 bridgehead atoms. The van der Waals surface area contributed by atoms with Crippen molar-refractivity contribution in [1.29, 1.82) is 0 Å². The third-order valence-electron chi connectivity index (χ3n) is 3.75. The van der Waals surface area contributed by atoms with E-state index in [4.69, 9.17) is 0 Å². The maximum Gasteiger partial charge on any atom is 0.418 e. The van der Waals surface area contributed by atoms with Gasteiger partial charge in [0.1, 0.15) is 0 Å². The Morgan fingerprint density at radius 1 is 1.39 bits per heavy atom. The molecule has 0 aromatic rings. The van der Waals surface area contributed by atoms with Crippen molar-refractivity contribution in [3.8, 4) is 0 Å². The van der Waals surface area contributed by atoms with Crippen molar-refractivity contribution < 1.29 is 23.1 Å². The van der Waals surface area contributed by atoms with E-state index in [9.17, 15) is 23.1 Å². The number of hydrogen-bond donors (Lipinski definition) is 1. The first-order chi connectivity index (χ1) is 8.03. The molecule has 1 N–H and O–H groups in total. The number of hydrogen-bond acceptors (Lipinski definition) is 2. The summed E-state index contributed by atoms with van der Waals surface area (Å²) in [6.45, 7) is 4.85. The SMILES string of the molecule is CCC(C)(C)C(=O)N1CCC[C@](O)(C(F)(F)F)C1. The van der Waals surface area contributed by atoms with Crippen LogP contribution >= 0.6 is 0 Å². The van der Waals surface area contributed by atoms with Crippen LogP contribution in [0.3, 0.4) is 0 Å². The van der Waals surface area contributed by atoms with Crippen molar-refractivity contribution in [2.45, 2.75) is 51.8 Å². The summed E-state index contributed by atoms with van der Waals surface area (Å²) >= 11 is 0. The molecule has 1 aliphatic heterocycles. The van der Waals surface area contributed by atoms with Gasteiger partial charge in [-0.1, -0.05) is 20.8 Å². The molecule has 1 heterocycles. The third kappa shape index (κ3) is 2.79. The predicted molar refractivity (Wildman–Crippen MR) is 60.9 cm³/mol. The summed E-state index contributed by atoms with van der Waals surface area (Å²) in [6, 6.07) is 0. The molecule has 0 unspecified atom stereocenters. The molecule has 1 amide bonds. The van der Waals surface area contributed by atoms with Gasteiger partial charge in [0.05, 0.1) is 6.54 Å². The number of β-amino-alcohol motifs (C(OH)–C–C–N with tert-alkyl or cyclic N) is 1. The minimum atomic E-state index is -4.69. The molecule has 1 fully saturated rings. The van der Waals surface area contributed by atoms with Crippen LogP contribution in [0, 0.1) is 5.41 Å². The number of alkyl halides is 3. The standard InChI is InChI=1S/C12H20F3NO2/c1-4-10(2,3)9(17)16-7-5-6-11(18,8-16)12(13,14)15/h18H,4-8H2,1-3H3/t11-/m1/s1. The molecule has 0 radical (unpaired) electrons. The van der Waals surface area contributed by atoms with E-state index in [0.29, 0.717) is 6.42 Å². The second kappa shape index (κ2) is 4.72. The summed E-state index contributed by atoms with van der Waals surface area (Å²) < 4.78 is 38.3. The van der Waals surface area contributed by atoms with Gasteiger partial charge in [-0.05, 0) is 19.3 Å². The molecule has 3 nitrogen and oxygen atoms in total. The molecule has 18 heavy (non-hydrogen) atoms. The fourth-order valence-electron chi connectivity index (χ4n) is 2.02. The molecular formula is C12H20F3NO2. The summed E-state index contributed by atoms with van der Waals surface area (Å²) in [5, 5.41) is 9.65. The van der Waals surface area contributed by atoms with Crippen LogP contribution in [0.4, 0.5) is 13.2 Å². The van der Waals surface area contributed by atoms with Crippen molar-refractivity contribution in [1.82, 2.24) is 4.90 Å². The highest BCUT2D eigenvalue weighted by Crippen LogP contribution is 2.38. The van der Waals surface area contributed by atoms with Crippen LogP contribution in [0.25, 0.3) is 0 Å². The zero-order chi connectivity index (χ0) is 14.2. The number of carbonyl (C=O) groups excluding carboxylic acids is 1. The van der Waals surface area contributed by atoms with E-state index in [-0.39, 0.29) is 25.3 Å². The first-order valence-corrected chi connectivity index (χ1v) is 6.12. The van der Waals surface area contributed by atoms with Crippen molar-refractivity contribution >= 4 is 5.91 Å². The van der Waals surface area contributed by atoms with Crippen molar-refractivity contribution in [3.63, 3.8) is 0 Å². The second-order valence-electron chi connectivity index (χ2n) is 5.60. The van der Waals surface area contributed by atoms with Gasteiger partial charge in [0.2, 0.25) is 5.91 Å². The van der Waals surface area contributed by atoms with Gasteiger partial charge in [-0.3, -0.25) is 4.79 Å². The first-order valence-electron chi connectivity index (χ1n) is 6.12. The Morgan fingerprint density at radius 2 is 1.94 bits per heavy atom. The number of piperidine rings is 1. The van der Waals surface area contributed by atoms with Crippen LogP contribution in [-0.2, 0) is 4.79 Å². The summed E-state index contributed by atoms with van der Waals surface area (Å²) in [5.41, 5.74) is -3.45. The van der Waals surface area contributed by atoms with E-state index in [2.05, 4.69) is 0 Å². The van der Waals surface area contributed by atoms with Gasteiger partial charge in [-0.25, -0.2) is 0 Å². The zero-order valence-electron chi connectivity index (χ0n) is 11.0. The van der Waals surface area contributed by atoms with Gasteiger partial charge >= 0.3 is 6.18 Å². The largest absolute Gasteiger partial charge is 0.418 e. The fraction of sp³-hybridized carbons (Fsp3) is 0.917. The number of aliphatic hydroxyl groups is 1. The normalized spacial score (nSPS) is 26.3. The minimum absolute atomic E-state index is 0.168. The molecule has 0 aromatic carbocycles. The number of rotatable bonds is 2. The molecule has 1 rings (SSSR count). The molecule has 6 heteroatoms. The lowest BCUT2D eigenvalue weighted by Crippen LogP contribution is -2.59. The highest BCUT2D eigenvalue weighted by atomic mass is 19.4. The summed E-state index contributed by atoms with van der Waals surface area (Å²) in [6.07, 6.45) is -4.32. The zero-order valence-corrected chi connectivity index (χ0v) is 11.0. The fourth-order valence-corrected chi connectivity index (χ4v) is 2.02. The molecule has 0 aromatic heterocycles. The van der Waals surface area contributed by atoms with E-state index >= 15 is 0 Å². The Kier molecular flexibility index (Phi) is 4.00. The molecule has 0 aliphatic carbocycles. The van der Waals surface area contributed by atoms with Gasteiger partial charge in [0.15, 0.2) is 5.60 Å². The molecule has 0 saturated carbocycles. The van der Waals surface area contributed by atoms with E-state index in [0.717, 1.165) is 4.90 Å². The molecule has 0 spiro atoms. The van der Waals surface area contributed by atoms with Gasteiger partial charge in [0, 0.05) is 12.0 Å². The molecule has 106 valence electrons. The van der Waals surface area contributed by atoms with Gasteiger partial charge in [-0.15, -0.1) is 0 Å². The van der Waals surface area contributed by atoms with E-state index in [1.165, 1.54) is 0 Å². The van der Waals surface area contributed by atoms with Crippen molar-refractivity contribution in [2.24, 2.45) is 5.41 Å². The third-order valence-corrected chi connectivity index (χ3v) is 3.75. The van der Waals surface area contributed by atoms with Gasteiger partial charge < -0.3 is 10.0 Å². The van der Waals surface area contributed by atoms with Crippen LogP contribution in [0.2, 0.25) is 0 Å². The Bertz CT molecular complexity index is 328. The number of likely N-dealkylation sites (tertiary alicyclic amines) is 1. The number of amides is 1. The molecule has 1 saturated heterocycles. The van der Waals surface area contributed by atoms with Crippen LogP contribution in [0.1, 0.15) is 40.0 Å². The van der Waals surface area contributed by atoms with Crippen LogP contribution in [0.15, 0.2) is 0 Å². The van der Waals surface area contributed by atoms with E-state index < -0.39 is 23.7 Å². The second-order valence-corrected chi connectivity index (χ2v) is 5.60. The summed E-state index contributed by atoms with van der Waals surface area (Å²) in [7, 11) is 0. The monoisotopic (exact) mass is 267 g/mol. The Morgan fingerprint density at radius 3 is 2.39 bits per heavy atom. The average molecular weight is 267 g/mol. The number of nitrogens with zero attached hydrogens (tertiary/aromatic N) is 1. The lowest BCUT2D eigenvalue weighted by Gasteiger charge is -2.42. The quantitative estimate of drug-likeness (QED) is 0.834. The Labute approximate surface area is 105 Å². The molecule has 1 aliphatic rings. The average Bonchev–Trinajstić information content (AvgIpc) is 2.26. The maximum atomic E-state index is 12.8. The topological polar surface area (TPSA) is 40.5 Å². The van der Waals surface area contributed by atoms with E-state index in [1.54, 1.807) is 13.8 Å². The molecular weight excluding hydrogens is 247 g/mol. The lowest BCUT2D eigenvalue weighted by atomic mass is 9.85. The van der Waals surface area contributed by atoms with Crippen molar-refractivity contribution in [2.75, 3.05) is 13.1 Å². The van der Waals surface area contributed by atoms with Crippen LogP contribution < -0.4 is 0 Å². The highest BCUT2D eigenvalue weighted by molar-refractivity contribution is 5.82. The predicted octanol–water partition coefficient (Wildman–Crippen LogP) is 2.34. The number of carbonyl (C=O) groups is 1. The maximum absolute atomic E-state index is 12.8. The lowest BCUT2D eigenvalue weighted by molar-refractivity contribution is -0.273. The van der Waals surface area contributed by atoms with Crippen LogP contribution in [0.5, 0.6) is 0 Å². The minimum Gasteiger partial charge on any atom is -0.379 e. The smallest absolute Gasteiger partial charge is 0.379 e. The summed E-state index contributed by atoms with van der Waals surface area (Å²) in [5.74, 6) is -0.327. The van der Waals surface area contributed by atoms with E-state index in [1.807, 2.05) is 6.92 Å². The highest BCUT2D eigenvalue weighted by Gasteiger charge is 2.56. The number of halogens is 3. The molecule has 1 atom stereocenters. The van der Waals surface area contributed by atoms with Crippen LogP contribution in [-0.4, -0.2) is 40.8 Å². The summed E-state index contributed by atoms with van der Waals surface area (Å²) in [4.78, 5) is 13.3.